The van der Waals surface area contributed by atoms with Crippen molar-refractivity contribution in [1.29, 1.82) is 0 Å². The van der Waals surface area contributed by atoms with E-state index >= 15 is 0 Å². The number of nitrogens with one attached hydrogen (secondary N) is 3. The van der Waals surface area contributed by atoms with Gasteiger partial charge in [-0.3, -0.25) is 10.1 Å². The van der Waals surface area contributed by atoms with Crippen LogP contribution in [0.5, 0.6) is 0 Å². The van der Waals surface area contributed by atoms with Gasteiger partial charge in [0, 0.05) is 47.7 Å². The molecule has 0 aliphatic heterocycles. The van der Waals surface area contributed by atoms with Gasteiger partial charge in [0.25, 0.3) is 0 Å². The maximum absolute atomic E-state index is 13.6. The minimum absolute atomic E-state index is 0.283. The van der Waals surface area contributed by atoms with Crippen LogP contribution in [0.3, 0.4) is 0 Å². The molecule has 0 bridgehead atoms. The molecule has 0 fully saturated rings. The molecule has 0 saturated carbocycles. The van der Waals surface area contributed by atoms with E-state index in [9.17, 15) is 4.39 Å². The van der Waals surface area contributed by atoms with Crippen LogP contribution in [0.25, 0.3) is 39.1 Å². The number of allylic oxidation sites excluding steroid dienone is 2. The zero-order chi connectivity index (χ0) is 28.2. The van der Waals surface area contributed by atoms with Crippen molar-refractivity contribution >= 4 is 16.5 Å². The van der Waals surface area contributed by atoms with Gasteiger partial charge in [-0.2, -0.15) is 5.10 Å². The average Bonchev–Trinajstić information content (AvgIpc) is 3.60. The maximum Gasteiger partial charge on any atom is 0.159 e. The topological polar surface area (TPSA) is 82.3 Å². The van der Waals surface area contributed by atoms with Crippen LogP contribution in [0.2, 0.25) is 0 Å². The SMILES string of the molecule is C=C/C=C(/c1ccc(F)cc1)c1nc(-c2n[nH]c3ccc(-c4cncc(CNCc5ccccc5)c4)cc23)[nH]c1C. The lowest BCUT2D eigenvalue weighted by Gasteiger charge is -2.08. The van der Waals surface area contributed by atoms with Crippen LogP contribution >= 0.6 is 0 Å². The van der Waals surface area contributed by atoms with Crippen molar-refractivity contribution in [3.63, 3.8) is 0 Å². The van der Waals surface area contributed by atoms with E-state index in [2.05, 4.69) is 62.4 Å². The summed E-state index contributed by atoms with van der Waals surface area (Å²) in [6.07, 6.45) is 7.37. The zero-order valence-electron chi connectivity index (χ0n) is 22.7. The fourth-order valence-corrected chi connectivity index (χ4v) is 4.96. The molecule has 0 atom stereocenters. The predicted molar refractivity (Wildman–Crippen MR) is 162 cm³/mol. The van der Waals surface area contributed by atoms with Gasteiger partial charge in [0.15, 0.2) is 5.82 Å². The van der Waals surface area contributed by atoms with Crippen LogP contribution < -0.4 is 5.32 Å². The van der Waals surface area contributed by atoms with Gasteiger partial charge in [-0.15, -0.1) is 0 Å². The number of benzene rings is 3. The summed E-state index contributed by atoms with van der Waals surface area (Å²) in [5, 5.41) is 12.2. The second kappa shape index (κ2) is 11.5. The molecule has 7 heteroatoms. The van der Waals surface area contributed by atoms with Crippen LogP contribution in [0.4, 0.5) is 4.39 Å². The molecule has 3 N–H and O–H groups in total. The minimum atomic E-state index is -0.283. The van der Waals surface area contributed by atoms with Crippen molar-refractivity contribution < 1.29 is 4.39 Å². The summed E-state index contributed by atoms with van der Waals surface area (Å²) in [6.45, 7) is 7.34. The highest BCUT2D eigenvalue weighted by Gasteiger charge is 2.18. The number of aromatic nitrogens is 5. The first kappa shape index (κ1) is 26.1. The highest BCUT2D eigenvalue weighted by atomic mass is 19.1. The summed E-state index contributed by atoms with van der Waals surface area (Å²) >= 11 is 0. The Morgan fingerprint density at radius 1 is 0.927 bits per heavy atom. The van der Waals surface area contributed by atoms with Crippen molar-refractivity contribution in [1.82, 2.24) is 30.5 Å². The molecule has 41 heavy (non-hydrogen) atoms. The quantitative estimate of drug-likeness (QED) is 0.167. The second-order valence-corrected chi connectivity index (χ2v) is 9.89. The van der Waals surface area contributed by atoms with E-state index in [1.54, 1.807) is 18.2 Å². The molecule has 202 valence electrons. The van der Waals surface area contributed by atoms with Crippen molar-refractivity contribution in [3.05, 3.63) is 144 Å². The van der Waals surface area contributed by atoms with Crippen LogP contribution in [0, 0.1) is 12.7 Å². The summed E-state index contributed by atoms with van der Waals surface area (Å²) in [6, 6.07) is 25.1. The lowest BCUT2D eigenvalue weighted by atomic mass is 10.0. The van der Waals surface area contributed by atoms with E-state index in [1.165, 1.54) is 17.7 Å². The van der Waals surface area contributed by atoms with E-state index in [1.807, 2.05) is 49.7 Å². The number of imidazole rings is 1. The third-order valence-electron chi connectivity index (χ3n) is 7.00. The molecule has 6 nitrogen and oxygen atoms in total. The fraction of sp³-hybridized carbons (Fsp3) is 0.0882. The van der Waals surface area contributed by atoms with Crippen LogP contribution in [0.1, 0.15) is 28.1 Å². The molecule has 3 aromatic carbocycles. The van der Waals surface area contributed by atoms with E-state index in [0.29, 0.717) is 5.82 Å². The Kier molecular flexibility index (Phi) is 7.34. The third-order valence-corrected chi connectivity index (χ3v) is 7.00. The number of pyridine rings is 1. The number of aryl methyl sites for hydroxylation is 1. The Bertz CT molecular complexity index is 1850. The Labute approximate surface area is 237 Å². The molecule has 0 unspecified atom stereocenters. The van der Waals surface area contributed by atoms with E-state index < -0.39 is 0 Å². The molecule has 0 aliphatic rings. The average molecular weight is 541 g/mol. The van der Waals surface area contributed by atoms with Gasteiger partial charge in [-0.1, -0.05) is 67.3 Å². The third kappa shape index (κ3) is 5.62. The predicted octanol–water partition coefficient (Wildman–Crippen LogP) is 7.37. The Hall–Kier alpha value is -5.14. The first-order valence-electron chi connectivity index (χ1n) is 13.4. The molecule has 0 amide bonds. The highest BCUT2D eigenvalue weighted by molar-refractivity contribution is 5.94. The van der Waals surface area contributed by atoms with E-state index in [0.717, 1.165) is 68.9 Å². The Morgan fingerprint density at radius 3 is 2.54 bits per heavy atom. The number of nitrogens with zero attached hydrogens (tertiary/aromatic N) is 3. The molecule has 0 aliphatic carbocycles. The summed E-state index contributed by atoms with van der Waals surface area (Å²) in [4.78, 5) is 12.8. The fourth-order valence-electron chi connectivity index (χ4n) is 4.96. The van der Waals surface area contributed by atoms with Crippen LogP contribution in [0.15, 0.2) is 110 Å². The first-order valence-corrected chi connectivity index (χ1v) is 13.4. The molecule has 3 heterocycles. The van der Waals surface area contributed by atoms with Gasteiger partial charge >= 0.3 is 0 Å². The maximum atomic E-state index is 13.6. The monoisotopic (exact) mass is 540 g/mol. The van der Waals surface area contributed by atoms with Gasteiger partial charge in [0.1, 0.15) is 11.5 Å². The molecular weight excluding hydrogens is 511 g/mol. The Morgan fingerprint density at radius 2 is 1.73 bits per heavy atom. The lowest BCUT2D eigenvalue weighted by molar-refractivity contribution is 0.627. The van der Waals surface area contributed by atoms with Gasteiger partial charge in [-0.05, 0) is 59.5 Å². The van der Waals surface area contributed by atoms with E-state index in [4.69, 9.17) is 4.98 Å². The summed E-state index contributed by atoms with van der Waals surface area (Å²) in [7, 11) is 0. The number of H-pyrrole nitrogens is 2. The molecule has 0 saturated heterocycles. The standard InChI is InChI=1S/C34H29FN6/c1-3-7-29(25-10-13-28(35)14-11-25)32-22(2)38-34(39-32)33-30-17-26(12-15-31(30)40-41-33)27-16-24(20-37-21-27)19-36-18-23-8-5-4-6-9-23/h3-17,20-21,36H,1,18-19H2,2H3,(H,38,39)(H,40,41)/b29-7-. The molecule has 3 aromatic heterocycles. The first-order chi connectivity index (χ1) is 20.1. The molecule has 6 aromatic rings. The molecule has 6 rings (SSSR count). The normalized spacial score (nSPS) is 11.7. The summed E-state index contributed by atoms with van der Waals surface area (Å²) in [5.74, 6) is 0.365. The van der Waals surface area contributed by atoms with Gasteiger partial charge in [0.05, 0.1) is 11.2 Å². The molecule has 0 radical (unpaired) electrons. The van der Waals surface area contributed by atoms with Gasteiger partial charge < -0.3 is 10.3 Å². The molecule has 0 spiro atoms. The van der Waals surface area contributed by atoms with Crippen molar-refractivity contribution in [3.8, 4) is 22.6 Å². The Balaban J connectivity index is 1.29. The van der Waals surface area contributed by atoms with Gasteiger partial charge in [0.2, 0.25) is 0 Å². The minimum Gasteiger partial charge on any atom is -0.340 e. The largest absolute Gasteiger partial charge is 0.340 e. The zero-order valence-corrected chi connectivity index (χ0v) is 22.7. The number of rotatable bonds is 9. The number of aromatic amines is 2. The van der Waals surface area contributed by atoms with Crippen molar-refractivity contribution in [2.45, 2.75) is 20.0 Å². The number of hydrogen-bond donors (Lipinski definition) is 3. The van der Waals surface area contributed by atoms with E-state index in [-0.39, 0.29) is 5.82 Å². The van der Waals surface area contributed by atoms with Crippen LogP contribution in [-0.2, 0) is 13.1 Å². The highest BCUT2D eigenvalue weighted by Crippen LogP contribution is 2.32. The number of hydrogen-bond acceptors (Lipinski definition) is 4. The van der Waals surface area contributed by atoms with Crippen molar-refractivity contribution in [2.24, 2.45) is 0 Å². The molecular formula is C34H29FN6. The van der Waals surface area contributed by atoms with Crippen LogP contribution in [-0.4, -0.2) is 25.1 Å². The second-order valence-electron chi connectivity index (χ2n) is 9.89. The summed E-state index contributed by atoms with van der Waals surface area (Å²) in [5.41, 5.74) is 9.41. The number of fused-ring (bicyclic) bond motifs is 1. The van der Waals surface area contributed by atoms with Crippen molar-refractivity contribution in [2.75, 3.05) is 0 Å². The number of halogens is 1. The smallest absolute Gasteiger partial charge is 0.159 e. The summed E-state index contributed by atoms with van der Waals surface area (Å²) < 4.78 is 13.6. The lowest BCUT2D eigenvalue weighted by Crippen LogP contribution is -2.12. The van der Waals surface area contributed by atoms with Gasteiger partial charge in [-0.25, -0.2) is 9.37 Å².